The second kappa shape index (κ2) is 5.25. The number of aromatic nitrogens is 1. The number of amides is 1. The van der Waals surface area contributed by atoms with E-state index in [1.54, 1.807) is 18.7 Å². The normalized spacial score (nSPS) is 20.3. The Labute approximate surface area is 129 Å². The van der Waals surface area contributed by atoms with Gasteiger partial charge in [-0.2, -0.15) is 0 Å². The summed E-state index contributed by atoms with van der Waals surface area (Å²) in [7, 11) is 0. The van der Waals surface area contributed by atoms with Gasteiger partial charge in [0.05, 0.1) is 18.4 Å². The summed E-state index contributed by atoms with van der Waals surface area (Å²) < 4.78 is 5.39. The average Bonchev–Trinajstić information content (AvgIpc) is 3.17. The number of hydrogen-bond acceptors (Lipinski definition) is 4. The fourth-order valence-corrected chi connectivity index (χ4v) is 3.68. The number of hydrogen-bond donors (Lipinski definition) is 0. The molecule has 0 N–H and O–H groups in total. The van der Waals surface area contributed by atoms with Crippen LogP contribution < -0.4 is 0 Å². The van der Waals surface area contributed by atoms with Gasteiger partial charge in [-0.05, 0) is 30.7 Å². The van der Waals surface area contributed by atoms with Crippen LogP contribution in [0.3, 0.4) is 0 Å². The monoisotopic (exact) mass is 297 g/mol. The smallest absolute Gasteiger partial charge is 0.255 e. The highest BCUT2D eigenvalue weighted by atomic mass is 16.3. The van der Waals surface area contributed by atoms with Crippen LogP contribution in [0.25, 0.3) is 0 Å². The van der Waals surface area contributed by atoms with Gasteiger partial charge in [-0.1, -0.05) is 0 Å². The highest BCUT2D eigenvalue weighted by Crippen LogP contribution is 2.40. The largest absolute Gasteiger partial charge is 0.468 e. The van der Waals surface area contributed by atoms with Crippen molar-refractivity contribution in [2.75, 3.05) is 26.2 Å². The minimum Gasteiger partial charge on any atom is -0.468 e. The van der Waals surface area contributed by atoms with Gasteiger partial charge in [-0.3, -0.25) is 14.7 Å². The Morgan fingerprint density at radius 3 is 2.91 bits per heavy atom. The summed E-state index contributed by atoms with van der Waals surface area (Å²) in [5.41, 5.74) is 0.969. The van der Waals surface area contributed by atoms with Crippen LogP contribution in [-0.2, 0) is 6.54 Å². The van der Waals surface area contributed by atoms with Crippen molar-refractivity contribution in [1.82, 2.24) is 14.8 Å². The summed E-state index contributed by atoms with van der Waals surface area (Å²) in [6.07, 6.45) is 6.15. The summed E-state index contributed by atoms with van der Waals surface area (Å²) in [6.45, 7) is 4.66. The lowest BCUT2D eigenvalue weighted by atomic mass is 9.79. The van der Waals surface area contributed by atoms with E-state index < -0.39 is 0 Å². The van der Waals surface area contributed by atoms with Crippen LogP contribution in [-0.4, -0.2) is 46.9 Å². The molecule has 0 radical (unpaired) electrons. The Balaban J connectivity index is 1.35. The predicted molar refractivity (Wildman–Crippen MR) is 81.2 cm³/mol. The average molecular weight is 297 g/mol. The third kappa shape index (κ3) is 2.41. The number of furan rings is 1. The number of pyridine rings is 1. The van der Waals surface area contributed by atoms with E-state index in [1.807, 2.05) is 29.2 Å². The summed E-state index contributed by atoms with van der Waals surface area (Å²) in [6, 6.07) is 7.59. The van der Waals surface area contributed by atoms with E-state index in [-0.39, 0.29) is 11.3 Å². The highest BCUT2D eigenvalue weighted by Gasteiger charge is 2.48. The van der Waals surface area contributed by atoms with E-state index in [0.29, 0.717) is 5.56 Å². The van der Waals surface area contributed by atoms with Gasteiger partial charge in [0.15, 0.2) is 0 Å². The first-order valence-corrected chi connectivity index (χ1v) is 7.68. The van der Waals surface area contributed by atoms with E-state index in [0.717, 1.165) is 44.9 Å². The van der Waals surface area contributed by atoms with Crippen molar-refractivity contribution >= 4 is 5.91 Å². The molecule has 2 aliphatic heterocycles. The van der Waals surface area contributed by atoms with Crippen LogP contribution in [0, 0.1) is 5.41 Å². The molecule has 22 heavy (non-hydrogen) atoms. The van der Waals surface area contributed by atoms with Gasteiger partial charge in [0.2, 0.25) is 0 Å². The first kappa shape index (κ1) is 13.5. The summed E-state index contributed by atoms with van der Waals surface area (Å²) >= 11 is 0. The SMILES string of the molecule is O=C(c1cccnc1)N1CCC2(CN(Cc3ccco3)C2)C1. The maximum absolute atomic E-state index is 12.5. The van der Waals surface area contributed by atoms with Crippen LogP contribution in [0.5, 0.6) is 0 Å². The number of nitrogens with zero attached hydrogens (tertiary/aromatic N) is 3. The molecule has 2 fully saturated rings. The van der Waals surface area contributed by atoms with Gasteiger partial charge in [0.1, 0.15) is 5.76 Å². The minimum atomic E-state index is 0.106. The van der Waals surface area contributed by atoms with E-state index in [2.05, 4.69) is 9.88 Å². The van der Waals surface area contributed by atoms with Crippen molar-refractivity contribution in [3.05, 3.63) is 54.2 Å². The molecule has 0 aliphatic carbocycles. The van der Waals surface area contributed by atoms with Crippen molar-refractivity contribution in [3.8, 4) is 0 Å². The van der Waals surface area contributed by atoms with Gasteiger partial charge in [-0.15, -0.1) is 0 Å². The molecule has 2 saturated heterocycles. The van der Waals surface area contributed by atoms with Gasteiger partial charge in [0, 0.05) is 44.0 Å². The Kier molecular flexibility index (Phi) is 3.22. The summed E-state index contributed by atoms with van der Waals surface area (Å²) in [5, 5.41) is 0. The van der Waals surface area contributed by atoms with Crippen LogP contribution in [0.15, 0.2) is 47.3 Å². The quantitative estimate of drug-likeness (QED) is 0.870. The van der Waals surface area contributed by atoms with Crippen LogP contribution in [0.4, 0.5) is 0 Å². The zero-order valence-corrected chi connectivity index (χ0v) is 12.4. The number of carbonyl (C=O) groups is 1. The van der Waals surface area contributed by atoms with E-state index in [4.69, 9.17) is 4.42 Å². The molecule has 0 aromatic carbocycles. The standard InChI is InChI=1S/C17H19N3O2/c21-16(14-3-1-6-18-9-14)20-7-5-17(13-20)11-19(12-17)10-15-4-2-8-22-15/h1-4,6,8-9H,5,7,10-13H2. The molecule has 4 rings (SSSR count). The number of rotatable bonds is 3. The maximum Gasteiger partial charge on any atom is 0.255 e. The minimum absolute atomic E-state index is 0.106. The second-order valence-electron chi connectivity index (χ2n) is 6.44. The Bertz CT molecular complexity index is 648. The predicted octanol–water partition coefficient (Wildman–Crippen LogP) is 2.02. The Morgan fingerprint density at radius 1 is 1.27 bits per heavy atom. The van der Waals surface area contributed by atoms with Crippen molar-refractivity contribution in [2.45, 2.75) is 13.0 Å². The Morgan fingerprint density at radius 2 is 2.18 bits per heavy atom. The fourth-order valence-electron chi connectivity index (χ4n) is 3.68. The molecule has 114 valence electrons. The molecule has 5 nitrogen and oxygen atoms in total. The van der Waals surface area contributed by atoms with Gasteiger partial charge < -0.3 is 9.32 Å². The molecule has 2 aliphatic rings. The lowest BCUT2D eigenvalue weighted by molar-refractivity contribution is -0.00159. The zero-order valence-electron chi connectivity index (χ0n) is 12.4. The molecule has 0 saturated carbocycles. The van der Waals surface area contributed by atoms with Crippen LogP contribution in [0.2, 0.25) is 0 Å². The first-order valence-electron chi connectivity index (χ1n) is 7.68. The molecule has 0 bridgehead atoms. The lowest BCUT2D eigenvalue weighted by Crippen LogP contribution is -2.57. The summed E-state index contributed by atoms with van der Waals surface area (Å²) in [5.74, 6) is 1.12. The summed E-state index contributed by atoms with van der Waals surface area (Å²) in [4.78, 5) is 20.9. The Hall–Kier alpha value is -2.14. The molecule has 2 aromatic rings. The molecule has 5 heteroatoms. The zero-order chi connectivity index (χ0) is 15.0. The number of likely N-dealkylation sites (tertiary alicyclic amines) is 2. The third-order valence-electron chi connectivity index (χ3n) is 4.71. The maximum atomic E-state index is 12.5. The molecule has 0 atom stereocenters. The van der Waals surface area contributed by atoms with Gasteiger partial charge in [0.25, 0.3) is 5.91 Å². The topological polar surface area (TPSA) is 49.6 Å². The van der Waals surface area contributed by atoms with Crippen molar-refractivity contribution in [1.29, 1.82) is 0 Å². The van der Waals surface area contributed by atoms with E-state index in [9.17, 15) is 4.79 Å². The lowest BCUT2D eigenvalue weighted by Gasteiger charge is -2.47. The van der Waals surface area contributed by atoms with Crippen molar-refractivity contribution in [3.63, 3.8) is 0 Å². The molecule has 1 amide bonds. The second-order valence-corrected chi connectivity index (χ2v) is 6.44. The third-order valence-corrected chi connectivity index (χ3v) is 4.71. The molecule has 2 aromatic heterocycles. The number of carbonyl (C=O) groups excluding carboxylic acids is 1. The molecular formula is C17H19N3O2. The molecule has 4 heterocycles. The highest BCUT2D eigenvalue weighted by molar-refractivity contribution is 5.94. The van der Waals surface area contributed by atoms with E-state index in [1.165, 1.54) is 0 Å². The molecule has 0 unspecified atom stereocenters. The molecular weight excluding hydrogens is 278 g/mol. The van der Waals surface area contributed by atoms with Gasteiger partial charge >= 0.3 is 0 Å². The van der Waals surface area contributed by atoms with Crippen molar-refractivity contribution in [2.24, 2.45) is 5.41 Å². The fraction of sp³-hybridized carbons (Fsp3) is 0.412. The van der Waals surface area contributed by atoms with Crippen LogP contribution >= 0.6 is 0 Å². The van der Waals surface area contributed by atoms with Gasteiger partial charge in [-0.25, -0.2) is 0 Å². The molecule has 1 spiro atoms. The van der Waals surface area contributed by atoms with E-state index >= 15 is 0 Å². The van der Waals surface area contributed by atoms with Crippen molar-refractivity contribution < 1.29 is 9.21 Å². The first-order chi connectivity index (χ1) is 10.7. The van der Waals surface area contributed by atoms with Crippen LogP contribution in [0.1, 0.15) is 22.5 Å².